The number of rotatable bonds is 3. The molecule has 7 heteroatoms. The summed E-state index contributed by atoms with van der Waals surface area (Å²) in [4.78, 5) is 8.58. The van der Waals surface area contributed by atoms with Gasteiger partial charge in [0, 0.05) is 11.6 Å². The van der Waals surface area contributed by atoms with Gasteiger partial charge >= 0.3 is 0 Å². The van der Waals surface area contributed by atoms with Crippen molar-refractivity contribution in [2.75, 3.05) is 5.32 Å². The topological polar surface area (TPSA) is 55.1 Å². The zero-order valence-electron chi connectivity index (χ0n) is 9.54. The molecule has 0 unspecified atom stereocenters. The molecular formula is C11H10BrN5S. The Labute approximate surface area is 116 Å². The summed E-state index contributed by atoms with van der Waals surface area (Å²) in [6.07, 6.45) is 3.34. The van der Waals surface area contributed by atoms with Crippen LogP contribution < -0.4 is 5.32 Å². The van der Waals surface area contributed by atoms with Crippen molar-refractivity contribution in [1.82, 2.24) is 19.6 Å². The predicted octanol–water partition coefficient (Wildman–Crippen LogP) is 3.12. The lowest BCUT2D eigenvalue weighted by atomic mass is 10.3. The molecular weight excluding hydrogens is 314 g/mol. The van der Waals surface area contributed by atoms with Crippen molar-refractivity contribution >= 4 is 38.6 Å². The summed E-state index contributed by atoms with van der Waals surface area (Å²) in [5, 5.41) is 10.5. The summed E-state index contributed by atoms with van der Waals surface area (Å²) in [7, 11) is 0. The molecule has 0 spiro atoms. The Morgan fingerprint density at radius 2 is 2.28 bits per heavy atom. The van der Waals surface area contributed by atoms with Crippen LogP contribution in [0, 0.1) is 0 Å². The molecule has 1 N–H and O–H groups in total. The number of fused-ring (bicyclic) bond motifs is 1. The summed E-state index contributed by atoms with van der Waals surface area (Å²) in [6, 6.07) is 4.04. The van der Waals surface area contributed by atoms with E-state index in [4.69, 9.17) is 0 Å². The molecule has 0 saturated carbocycles. The van der Waals surface area contributed by atoms with Crippen LogP contribution in [0.15, 0.2) is 34.6 Å². The Hall–Kier alpha value is -1.47. The lowest BCUT2D eigenvalue weighted by molar-refractivity contribution is 0.838. The summed E-state index contributed by atoms with van der Waals surface area (Å²) in [6.45, 7) is 2.06. The molecule has 3 rings (SSSR count). The second-order valence-corrected chi connectivity index (χ2v) is 5.54. The SMILES string of the molecule is C[C@H](Nc1ncnn2c(Br)ccc12)c1nccs1. The van der Waals surface area contributed by atoms with Crippen LogP contribution in [0.3, 0.4) is 0 Å². The minimum absolute atomic E-state index is 0.123. The van der Waals surface area contributed by atoms with Gasteiger partial charge in [-0.05, 0) is 35.0 Å². The molecule has 1 atom stereocenters. The third-order valence-electron chi connectivity index (χ3n) is 2.58. The van der Waals surface area contributed by atoms with Crippen molar-refractivity contribution in [3.05, 3.63) is 39.6 Å². The van der Waals surface area contributed by atoms with E-state index in [1.165, 1.54) is 6.33 Å². The fourth-order valence-corrected chi connectivity index (χ4v) is 2.79. The van der Waals surface area contributed by atoms with Crippen molar-refractivity contribution in [3.8, 4) is 0 Å². The van der Waals surface area contributed by atoms with Crippen LogP contribution >= 0.6 is 27.3 Å². The smallest absolute Gasteiger partial charge is 0.154 e. The van der Waals surface area contributed by atoms with Crippen molar-refractivity contribution in [1.29, 1.82) is 0 Å². The first kappa shape index (κ1) is 11.6. The zero-order chi connectivity index (χ0) is 12.5. The first-order chi connectivity index (χ1) is 8.75. The zero-order valence-corrected chi connectivity index (χ0v) is 11.9. The van der Waals surface area contributed by atoms with Crippen molar-refractivity contribution in [2.45, 2.75) is 13.0 Å². The molecule has 0 bridgehead atoms. The van der Waals surface area contributed by atoms with E-state index in [0.717, 1.165) is 20.9 Å². The van der Waals surface area contributed by atoms with Crippen LogP contribution in [-0.4, -0.2) is 19.6 Å². The Morgan fingerprint density at radius 3 is 3.06 bits per heavy atom. The predicted molar refractivity (Wildman–Crippen MR) is 74.8 cm³/mol. The van der Waals surface area contributed by atoms with Gasteiger partial charge in [-0.3, -0.25) is 0 Å². The highest BCUT2D eigenvalue weighted by Crippen LogP contribution is 2.24. The van der Waals surface area contributed by atoms with Gasteiger partial charge in [-0.15, -0.1) is 11.3 Å². The Kier molecular flexibility index (Phi) is 3.00. The molecule has 0 radical (unpaired) electrons. The first-order valence-electron chi connectivity index (χ1n) is 5.40. The van der Waals surface area contributed by atoms with E-state index in [0.29, 0.717) is 0 Å². The van der Waals surface area contributed by atoms with Crippen LogP contribution in [0.4, 0.5) is 5.82 Å². The number of halogens is 1. The lowest BCUT2D eigenvalue weighted by Gasteiger charge is -2.12. The standard InChI is InChI=1S/C11H10BrN5S/c1-7(11-13-4-5-18-11)16-10-8-2-3-9(12)17(8)15-6-14-10/h2-7H,1H3,(H,14,15,16)/t7-/m0/s1. The maximum absolute atomic E-state index is 4.29. The average molecular weight is 324 g/mol. The molecule has 3 aromatic heterocycles. The van der Waals surface area contributed by atoms with E-state index in [1.807, 2.05) is 23.7 Å². The molecule has 3 heterocycles. The van der Waals surface area contributed by atoms with Crippen LogP contribution in [0.1, 0.15) is 18.0 Å². The Balaban J connectivity index is 1.95. The number of nitrogens with one attached hydrogen (secondary N) is 1. The van der Waals surface area contributed by atoms with Crippen molar-refractivity contribution < 1.29 is 0 Å². The highest BCUT2D eigenvalue weighted by atomic mass is 79.9. The normalized spacial score (nSPS) is 12.8. The van der Waals surface area contributed by atoms with Gasteiger partial charge in [0.2, 0.25) is 0 Å². The third kappa shape index (κ3) is 1.99. The fourth-order valence-electron chi connectivity index (χ4n) is 1.73. The number of nitrogens with zero attached hydrogens (tertiary/aromatic N) is 4. The molecule has 0 aliphatic carbocycles. The van der Waals surface area contributed by atoms with Crippen LogP contribution in [0.2, 0.25) is 0 Å². The van der Waals surface area contributed by atoms with Gasteiger partial charge < -0.3 is 5.32 Å². The Bertz CT molecular complexity index is 663. The molecule has 92 valence electrons. The second-order valence-electron chi connectivity index (χ2n) is 3.80. The van der Waals surface area contributed by atoms with Gasteiger partial charge in [0.15, 0.2) is 5.82 Å². The molecule has 18 heavy (non-hydrogen) atoms. The largest absolute Gasteiger partial charge is 0.359 e. The minimum atomic E-state index is 0.123. The van der Waals surface area contributed by atoms with Gasteiger partial charge in [0.05, 0.1) is 6.04 Å². The van der Waals surface area contributed by atoms with E-state index in [9.17, 15) is 0 Å². The van der Waals surface area contributed by atoms with E-state index >= 15 is 0 Å². The fraction of sp³-hybridized carbons (Fsp3) is 0.182. The molecule has 0 aromatic carbocycles. The highest BCUT2D eigenvalue weighted by molar-refractivity contribution is 9.10. The van der Waals surface area contributed by atoms with Gasteiger partial charge in [0.1, 0.15) is 21.5 Å². The first-order valence-corrected chi connectivity index (χ1v) is 7.07. The molecule has 0 aliphatic heterocycles. The van der Waals surface area contributed by atoms with Crippen molar-refractivity contribution in [3.63, 3.8) is 0 Å². The summed E-state index contributed by atoms with van der Waals surface area (Å²) < 4.78 is 2.70. The van der Waals surface area contributed by atoms with Crippen molar-refractivity contribution in [2.24, 2.45) is 0 Å². The minimum Gasteiger partial charge on any atom is -0.359 e. The maximum Gasteiger partial charge on any atom is 0.154 e. The Morgan fingerprint density at radius 1 is 1.39 bits per heavy atom. The van der Waals surface area contributed by atoms with Crippen LogP contribution in [-0.2, 0) is 0 Å². The maximum atomic E-state index is 4.29. The van der Waals surface area contributed by atoms with E-state index in [1.54, 1.807) is 15.9 Å². The highest BCUT2D eigenvalue weighted by Gasteiger charge is 2.12. The number of aromatic nitrogens is 4. The van der Waals surface area contributed by atoms with Gasteiger partial charge in [-0.2, -0.15) is 5.10 Å². The lowest BCUT2D eigenvalue weighted by Crippen LogP contribution is -2.09. The molecule has 0 fully saturated rings. The third-order valence-corrected chi connectivity index (χ3v) is 4.14. The molecule has 0 amide bonds. The number of hydrogen-bond donors (Lipinski definition) is 1. The molecule has 3 aromatic rings. The number of anilines is 1. The van der Waals surface area contributed by atoms with Crippen LogP contribution in [0.25, 0.3) is 5.52 Å². The average Bonchev–Trinajstić information content (AvgIpc) is 3.00. The summed E-state index contributed by atoms with van der Waals surface area (Å²) in [5.41, 5.74) is 0.938. The summed E-state index contributed by atoms with van der Waals surface area (Å²) in [5.74, 6) is 0.804. The van der Waals surface area contributed by atoms with Gasteiger partial charge in [-0.25, -0.2) is 14.5 Å². The van der Waals surface area contributed by atoms with Crippen LogP contribution in [0.5, 0.6) is 0 Å². The van der Waals surface area contributed by atoms with Gasteiger partial charge in [-0.1, -0.05) is 0 Å². The second kappa shape index (κ2) is 4.66. The molecule has 5 nitrogen and oxygen atoms in total. The van der Waals surface area contributed by atoms with E-state index < -0.39 is 0 Å². The molecule has 0 aliphatic rings. The number of thiazole rings is 1. The monoisotopic (exact) mass is 323 g/mol. The van der Waals surface area contributed by atoms with E-state index in [-0.39, 0.29) is 6.04 Å². The summed E-state index contributed by atoms with van der Waals surface area (Å²) >= 11 is 5.07. The number of hydrogen-bond acceptors (Lipinski definition) is 5. The van der Waals surface area contributed by atoms with E-state index in [2.05, 4.69) is 43.2 Å². The quantitative estimate of drug-likeness (QED) is 0.804. The molecule has 0 saturated heterocycles. The van der Waals surface area contributed by atoms with Gasteiger partial charge in [0.25, 0.3) is 0 Å².